The quantitative estimate of drug-likeness (QED) is 0.354. The second-order valence-electron chi connectivity index (χ2n) is 9.40. The number of hydrogen-bond donors (Lipinski definition) is 0. The van der Waals surface area contributed by atoms with E-state index >= 15 is 0 Å². The molecule has 37 heavy (non-hydrogen) atoms. The van der Waals surface area contributed by atoms with E-state index in [1.165, 1.54) is 22.4 Å². The molecule has 1 aliphatic rings. The van der Waals surface area contributed by atoms with Gasteiger partial charge in [0.05, 0.1) is 18.6 Å². The Morgan fingerprint density at radius 2 is 1.62 bits per heavy atom. The Morgan fingerprint density at radius 1 is 0.946 bits per heavy atom. The van der Waals surface area contributed by atoms with Crippen LogP contribution in [-0.2, 0) is 23.6 Å². The van der Waals surface area contributed by atoms with Crippen LogP contribution in [-0.4, -0.2) is 41.9 Å². The van der Waals surface area contributed by atoms with Gasteiger partial charge in [-0.3, -0.25) is 9.10 Å². The third-order valence-electron chi connectivity index (χ3n) is 6.84. The molecule has 1 saturated heterocycles. The average Bonchev–Trinajstić information content (AvgIpc) is 3.40. The molecule has 0 radical (unpaired) electrons. The van der Waals surface area contributed by atoms with Gasteiger partial charge in [-0.15, -0.1) is 0 Å². The van der Waals surface area contributed by atoms with Crippen molar-refractivity contribution >= 4 is 21.6 Å². The number of anilines is 1. The molecular formula is C29H30N4O3S. The zero-order chi connectivity index (χ0) is 25.8. The number of rotatable bonds is 7. The van der Waals surface area contributed by atoms with Crippen molar-refractivity contribution in [2.24, 2.45) is 7.05 Å². The number of amides is 1. The normalized spacial score (nSPS) is 14.5. The maximum Gasteiger partial charge on any atom is 0.283 e. The molecule has 0 atom stereocenters. The fourth-order valence-corrected chi connectivity index (χ4v) is 6.23. The van der Waals surface area contributed by atoms with Crippen molar-refractivity contribution in [2.75, 3.05) is 17.4 Å². The lowest BCUT2D eigenvalue weighted by atomic mass is 9.89. The molecule has 190 valence electrons. The highest BCUT2D eigenvalue weighted by atomic mass is 32.2. The van der Waals surface area contributed by atoms with Crippen molar-refractivity contribution in [1.82, 2.24) is 14.5 Å². The third-order valence-corrected chi connectivity index (χ3v) is 8.50. The van der Waals surface area contributed by atoms with Crippen LogP contribution in [0.3, 0.4) is 0 Å². The second-order valence-corrected chi connectivity index (χ2v) is 11.2. The van der Waals surface area contributed by atoms with E-state index in [1.54, 1.807) is 35.9 Å². The van der Waals surface area contributed by atoms with Gasteiger partial charge in [-0.1, -0.05) is 66.7 Å². The van der Waals surface area contributed by atoms with Crippen LogP contribution in [0.2, 0.25) is 0 Å². The molecule has 7 nitrogen and oxygen atoms in total. The Morgan fingerprint density at radius 3 is 2.27 bits per heavy atom. The zero-order valence-corrected chi connectivity index (χ0v) is 21.6. The van der Waals surface area contributed by atoms with Gasteiger partial charge in [-0.2, -0.15) is 8.42 Å². The number of aromatic nitrogens is 2. The Hall–Kier alpha value is -3.91. The molecule has 8 heteroatoms. The van der Waals surface area contributed by atoms with E-state index in [1.807, 2.05) is 41.3 Å². The Kier molecular flexibility index (Phi) is 7.10. The smallest absolute Gasteiger partial charge is 0.283 e. The lowest BCUT2D eigenvalue weighted by molar-refractivity contribution is 0.0713. The number of hydrogen-bond acceptors (Lipinski definition) is 4. The van der Waals surface area contributed by atoms with Crippen LogP contribution in [0, 0.1) is 0 Å². The fraction of sp³-hybridized carbons (Fsp3) is 0.241. The van der Waals surface area contributed by atoms with E-state index in [0.29, 0.717) is 30.3 Å². The number of sulfonamides is 1. The molecule has 2 heterocycles. The van der Waals surface area contributed by atoms with Gasteiger partial charge >= 0.3 is 0 Å². The molecule has 1 aromatic heterocycles. The van der Waals surface area contributed by atoms with Gasteiger partial charge < -0.3 is 9.47 Å². The van der Waals surface area contributed by atoms with Gasteiger partial charge in [0.2, 0.25) is 0 Å². The highest BCUT2D eigenvalue weighted by Crippen LogP contribution is 2.30. The standard InChI is InChI=1S/C29H30N4O3S/c1-31-21-28(30-22-31)37(35,36)33(20-23-9-4-2-5-10-23)27-14-8-13-26(19-27)29(34)32-17-15-25(16-18-32)24-11-6-3-7-12-24/h2-14,19,21-22,25H,15-18,20H2,1H3. The molecule has 0 spiro atoms. The number of benzene rings is 3. The van der Waals surface area contributed by atoms with Crippen LogP contribution >= 0.6 is 0 Å². The number of likely N-dealkylation sites (tertiary alicyclic amines) is 1. The van der Waals surface area contributed by atoms with Gasteiger partial charge in [0.25, 0.3) is 15.9 Å². The van der Waals surface area contributed by atoms with Gasteiger partial charge in [0.1, 0.15) is 0 Å². The van der Waals surface area contributed by atoms with E-state index in [0.717, 1.165) is 18.4 Å². The van der Waals surface area contributed by atoms with Crippen molar-refractivity contribution in [3.05, 3.63) is 114 Å². The molecule has 0 bridgehead atoms. The largest absolute Gasteiger partial charge is 0.339 e. The number of carbonyl (C=O) groups excluding carboxylic acids is 1. The molecule has 1 fully saturated rings. The van der Waals surface area contributed by atoms with Crippen LogP contribution in [0.25, 0.3) is 0 Å². The number of nitrogens with zero attached hydrogens (tertiary/aromatic N) is 4. The van der Waals surface area contributed by atoms with Crippen molar-refractivity contribution in [2.45, 2.75) is 30.3 Å². The molecule has 0 unspecified atom stereocenters. The van der Waals surface area contributed by atoms with Crippen molar-refractivity contribution < 1.29 is 13.2 Å². The summed E-state index contributed by atoms with van der Waals surface area (Å²) in [7, 11) is -2.23. The maximum atomic E-state index is 13.7. The summed E-state index contributed by atoms with van der Waals surface area (Å²) in [5.74, 6) is 0.365. The average molecular weight is 515 g/mol. The van der Waals surface area contributed by atoms with Gasteiger partial charge in [0, 0.05) is 31.9 Å². The number of aryl methyl sites for hydroxylation is 1. The molecule has 0 saturated carbocycles. The molecule has 3 aromatic carbocycles. The number of carbonyl (C=O) groups is 1. The van der Waals surface area contributed by atoms with E-state index < -0.39 is 10.0 Å². The van der Waals surface area contributed by atoms with E-state index in [9.17, 15) is 13.2 Å². The van der Waals surface area contributed by atoms with Crippen LogP contribution in [0.4, 0.5) is 5.69 Å². The molecular weight excluding hydrogens is 484 g/mol. The van der Waals surface area contributed by atoms with Crippen LogP contribution in [0.15, 0.2) is 102 Å². The van der Waals surface area contributed by atoms with Crippen LogP contribution in [0.5, 0.6) is 0 Å². The minimum atomic E-state index is -3.96. The summed E-state index contributed by atoms with van der Waals surface area (Å²) in [5.41, 5.74) is 3.05. The van der Waals surface area contributed by atoms with Gasteiger partial charge in [-0.25, -0.2) is 4.98 Å². The summed E-state index contributed by atoms with van der Waals surface area (Å²) < 4.78 is 30.2. The third kappa shape index (κ3) is 5.44. The molecule has 0 aliphatic carbocycles. The summed E-state index contributed by atoms with van der Waals surface area (Å²) in [6.45, 7) is 1.46. The first-order valence-electron chi connectivity index (χ1n) is 12.4. The predicted molar refractivity (Wildman–Crippen MR) is 144 cm³/mol. The minimum Gasteiger partial charge on any atom is -0.339 e. The van der Waals surface area contributed by atoms with E-state index in [-0.39, 0.29) is 17.5 Å². The highest BCUT2D eigenvalue weighted by Gasteiger charge is 2.29. The summed E-state index contributed by atoms with van der Waals surface area (Å²) >= 11 is 0. The fourth-order valence-electron chi connectivity index (χ4n) is 4.82. The van der Waals surface area contributed by atoms with Crippen molar-refractivity contribution in [3.8, 4) is 0 Å². The summed E-state index contributed by atoms with van der Waals surface area (Å²) in [5, 5.41) is -0.0364. The van der Waals surface area contributed by atoms with Crippen molar-refractivity contribution in [3.63, 3.8) is 0 Å². The Balaban J connectivity index is 1.40. The lowest BCUT2D eigenvalue weighted by Crippen LogP contribution is -2.38. The van der Waals surface area contributed by atoms with Gasteiger partial charge in [0.15, 0.2) is 5.03 Å². The summed E-state index contributed by atoms with van der Waals surface area (Å²) in [6, 6.07) is 26.7. The molecule has 1 aliphatic heterocycles. The maximum absolute atomic E-state index is 13.7. The summed E-state index contributed by atoms with van der Waals surface area (Å²) in [4.78, 5) is 19.4. The SMILES string of the molecule is Cn1cnc(S(=O)(=O)N(Cc2ccccc2)c2cccc(C(=O)N3CCC(c4ccccc4)CC3)c2)c1. The summed E-state index contributed by atoms with van der Waals surface area (Å²) in [6.07, 6.45) is 4.76. The first kappa shape index (κ1) is 24.8. The predicted octanol–water partition coefficient (Wildman–Crippen LogP) is 4.84. The first-order valence-corrected chi connectivity index (χ1v) is 13.8. The molecule has 4 aromatic rings. The highest BCUT2D eigenvalue weighted by molar-refractivity contribution is 7.92. The molecule has 5 rings (SSSR count). The van der Waals surface area contributed by atoms with Crippen LogP contribution < -0.4 is 4.31 Å². The monoisotopic (exact) mass is 514 g/mol. The number of piperidine rings is 1. The molecule has 0 N–H and O–H groups in total. The lowest BCUT2D eigenvalue weighted by Gasteiger charge is -2.32. The second kappa shape index (κ2) is 10.6. The van der Waals surface area contributed by atoms with Gasteiger partial charge in [-0.05, 0) is 48.1 Å². The van der Waals surface area contributed by atoms with E-state index in [2.05, 4.69) is 29.2 Å². The first-order chi connectivity index (χ1) is 17.9. The van der Waals surface area contributed by atoms with E-state index in [4.69, 9.17) is 0 Å². The number of imidazole rings is 1. The Bertz CT molecular complexity index is 1460. The Labute approximate surface area is 218 Å². The zero-order valence-electron chi connectivity index (χ0n) is 20.8. The van der Waals surface area contributed by atoms with Crippen molar-refractivity contribution in [1.29, 1.82) is 0 Å². The van der Waals surface area contributed by atoms with Crippen LogP contribution in [0.1, 0.15) is 40.2 Å². The topological polar surface area (TPSA) is 75.5 Å². The molecule has 1 amide bonds. The minimum absolute atomic E-state index is 0.0364.